The molecule has 3 nitrogen and oxygen atoms in total. The number of carbonyl (C=O) groups is 1. The normalized spacial score (nSPS) is 14.4. The molecule has 0 atom stereocenters. The Kier molecular flexibility index (Phi) is 4.04. The third-order valence-corrected chi connectivity index (χ3v) is 5.14. The summed E-state index contributed by atoms with van der Waals surface area (Å²) in [4.78, 5) is 14.6. The van der Waals surface area contributed by atoms with Gasteiger partial charge in [0.2, 0.25) is 0 Å². The first-order valence-electron chi connectivity index (χ1n) is 8.83. The summed E-state index contributed by atoms with van der Waals surface area (Å²) < 4.78 is 15.5. The molecular formula is C21H21FN2O. The van der Waals surface area contributed by atoms with Gasteiger partial charge in [0.25, 0.3) is 5.91 Å². The van der Waals surface area contributed by atoms with Gasteiger partial charge >= 0.3 is 0 Å². The van der Waals surface area contributed by atoms with Crippen molar-refractivity contribution in [2.24, 2.45) is 0 Å². The third kappa shape index (κ3) is 2.72. The van der Waals surface area contributed by atoms with Crippen molar-refractivity contribution in [3.05, 3.63) is 71.2 Å². The molecule has 0 unspecified atom stereocenters. The summed E-state index contributed by atoms with van der Waals surface area (Å²) in [6.45, 7) is 4.49. The number of carbonyl (C=O) groups excluding carboxylic acids is 1. The number of rotatable bonds is 2. The number of amides is 1. The first-order chi connectivity index (χ1) is 12.2. The molecule has 0 radical (unpaired) electrons. The zero-order valence-corrected chi connectivity index (χ0v) is 14.3. The number of fused-ring (bicyclic) bond motifs is 3. The number of nitrogens with zero attached hydrogens (tertiary/aromatic N) is 2. The number of benzene rings is 2. The van der Waals surface area contributed by atoms with Crippen LogP contribution in [0.2, 0.25) is 0 Å². The first-order valence-corrected chi connectivity index (χ1v) is 8.83. The van der Waals surface area contributed by atoms with Gasteiger partial charge in [-0.25, -0.2) is 4.39 Å². The molecule has 0 N–H and O–H groups in total. The van der Waals surface area contributed by atoms with Crippen LogP contribution in [-0.4, -0.2) is 28.5 Å². The van der Waals surface area contributed by atoms with Gasteiger partial charge < -0.3 is 9.47 Å². The Labute approximate surface area is 146 Å². The molecule has 128 valence electrons. The molecule has 1 aliphatic heterocycles. The van der Waals surface area contributed by atoms with Crippen LogP contribution in [0.25, 0.3) is 10.9 Å². The average Bonchev–Trinajstić information content (AvgIpc) is 2.78. The molecule has 4 rings (SSSR count). The average molecular weight is 336 g/mol. The molecule has 0 aliphatic carbocycles. The van der Waals surface area contributed by atoms with Gasteiger partial charge in [-0.15, -0.1) is 0 Å². The molecule has 1 aromatic heterocycles. The Bertz CT molecular complexity index is 927. The number of hydrogen-bond donors (Lipinski definition) is 0. The lowest BCUT2D eigenvalue weighted by molar-refractivity contribution is 0.0762. The van der Waals surface area contributed by atoms with E-state index in [2.05, 4.69) is 35.8 Å². The van der Waals surface area contributed by atoms with Crippen molar-refractivity contribution in [1.82, 2.24) is 9.47 Å². The predicted molar refractivity (Wildman–Crippen MR) is 97.3 cm³/mol. The third-order valence-electron chi connectivity index (χ3n) is 5.14. The van der Waals surface area contributed by atoms with E-state index in [0.717, 1.165) is 19.4 Å². The molecule has 0 spiro atoms. The van der Waals surface area contributed by atoms with E-state index in [1.54, 1.807) is 12.1 Å². The van der Waals surface area contributed by atoms with Gasteiger partial charge in [-0.2, -0.15) is 0 Å². The lowest BCUT2D eigenvalue weighted by Crippen LogP contribution is -2.33. The maximum absolute atomic E-state index is 13.1. The molecule has 3 aromatic rings. The van der Waals surface area contributed by atoms with Crippen LogP contribution >= 0.6 is 0 Å². The molecule has 0 saturated carbocycles. The van der Waals surface area contributed by atoms with Crippen LogP contribution in [0.4, 0.5) is 4.39 Å². The second-order valence-corrected chi connectivity index (χ2v) is 6.49. The summed E-state index contributed by atoms with van der Waals surface area (Å²) >= 11 is 0. The van der Waals surface area contributed by atoms with Crippen LogP contribution in [0.5, 0.6) is 0 Å². The summed E-state index contributed by atoms with van der Waals surface area (Å²) in [6.07, 6.45) is 1.71. The lowest BCUT2D eigenvalue weighted by atomic mass is 10.1. The summed E-state index contributed by atoms with van der Waals surface area (Å²) in [6, 6.07) is 14.3. The minimum atomic E-state index is -0.316. The number of halogens is 1. The predicted octanol–water partition coefficient (Wildman–Crippen LogP) is 4.04. The van der Waals surface area contributed by atoms with Crippen molar-refractivity contribution in [1.29, 1.82) is 0 Å². The van der Waals surface area contributed by atoms with Gasteiger partial charge in [-0.05, 0) is 49.2 Å². The van der Waals surface area contributed by atoms with Crippen LogP contribution in [-0.2, 0) is 19.4 Å². The van der Waals surface area contributed by atoms with Gasteiger partial charge in [0.1, 0.15) is 5.82 Å². The van der Waals surface area contributed by atoms with Gasteiger partial charge in [-0.3, -0.25) is 4.79 Å². The van der Waals surface area contributed by atoms with Gasteiger partial charge in [0, 0.05) is 48.2 Å². The minimum Gasteiger partial charge on any atom is -0.345 e. The first kappa shape index (κ1) is 15.9. The smallest absolute Gasteiger partial charge is 0.253 e. The fraction of sp³-hybridized carbons (Fsp3) is 0.286. The highest BCUT2D eigenvalue weighted by atomic mass is 19.1. The molecule has 2 heterocycles. The van der Waals surface area contributed by atoms with E-state index in [4.69, 9.17) is 0 Å². The maximum atomic E-state index is 13.1. The number of aromatic nitrogens is 1. The van der Waals surface area contributed by atoms with Crippen molar-refractivity contribution in [3.63, 3.8) is 0 Å². The highest BCUT2D eigenvalue weighted by Gasteiger charge is 2.24. The standard InChI is InChI=1S/C21H21FN2O/c1-2-24-19-6-4-3-5-17(19)18-11-13-23(14-12-20(18)24)21(25)15-7-9-16(22)10-8-15/h3-10H,2,11-14H2,1H3. The molecular weight excluding hydrogens is 315 g/mol. The quantitative estimate of drug-likeness (QED) is 0.693. The second-order valence-electron chi connectivity index (χ2n) is 6.49. The minimum absolute atomic E-state index is 0.0162. The van der Waals surface area contributed by atoms with Crippen LogP contribution in [0.15, 0.2) is 48.5 Å². The second kappa shape index (κ2) is 6.36. The van der Waals surface area contributed by atoms with Crippen molar-refractivity contribution >= 4 is 16.8 Å². The Morgan fingerprint density at radius 1 is 1.04 bits per heavy atom. The largest absolute Gasteiger partial charge is 0.345 e. The highest BCUT2D eigenvalue weighted by molar-refractivity contribution is 5.94. The fourth-order valence-corrected chi connectivity index (χ4v) is 3.93. The van der Waals surface area contributed by atoms with E-state index in [9.17, 15) is 9.18 Å². The Balaban J connectivity index is 1.64. The van der Waals surface area contributed by atoms with Crippen LogP contribution < -0.4 is 0 Å². The van der Waals surface area contributed by atoms with Crippen molar-refractivity contribution in [2.45, 2.75) is 26.3 Å². The fourth-order valence-electron chi connectivity index (χ4n) is 3.93. The van der Waals surface area contributed by atoms with Crippen LogP contribution in [0.3, 0.4) is 0 Å². The molecule has 25 heavy (non-hydrogen) atoms. The molecule has 2 aromatic carbocycles. The molecule has 1 amide bonds. The molecule has 0 fully saturated rings. The summed E-state index contributed by atoms with van der Waals surface area (Å²) in [5.74, 6) is -0.333. The Morgan fingerprint density at radius 2 is 1.76 bits per heavy atom. The zero-order valence-electron chi connectivity index (χ0n) is 14.3. The van der Waals surface area contributed by atoms with Crippen molar-refractivity contribution < 1.29 is 9.18 Å². The van der Waals surface area contributed by atoms with Crippen LogP contribution in [0, 0.1) is 5.82 Å². The Morgan fingerprint density at radius 3 is 2.52 bits per heavy atom. The van der Waals surface area contributed by atoms with E-state index in [1.807, 2.05) is 4.90 Å². The Hall–Kier alpha value is -2.62. The molecule has 0 bridgehead atoms. The number of para-hydroxylation sites is 1. The zero-order chi connectivity index (χ0) is 17.4. The SMILES string of the molecule is CCn1c2c(c3ccccc31)CCN(C(=O)c1ccc(F)cc1)CC2. The maximum Gasteiger partial charge on any atom is 0.253 e. The highest BCUT2D eigenvalue weighted by Crippen LogP contribution is 2.29. The summed E-state index contributed by atoms with van der Waals surface area (Å²) in [7, 11) is 0. The number of aryl methyl sites for hydroxylation is 1. The van der Waals surface area contributed by atoms with E-state index >= 15 is 0 Å². The van der Waals surface area contributed by atoms with E-state index < -0.39 is 0 Å². The van der Waals surface area contributed by atoms with E-state index in [1.165, 1.54) is 34.3 Å². The monoisotopic (exact) mass is 336 g/mol. The molecule has 0 saturated heterocycles. The van der Waals surface area contributed by atoms with Gasteiger partial charge in [0.15, 0.2) is 0 Å². The molecule has 1 aliphatic rings. The van der Waals surface area contributed by atoms with Gasteiger partial charge in [0.05, 0.1) is 0 Å². The van der Waals surface area contributed by atoms with Crippen molar-refractivity contribution in [3.8, 4) is 0 Å². The van der Waals surface area contributed by atoms with Crippen LogP contribution in [0.1, 0.15) is 28.5 Å². The number of hydrogen-bond acceptors (Lipinski definition) is 1. The van der Waals surface area contributed by atoms with E-state index in [0.29, 0.717) is 18.7 Å². The topological polar surface area (TPSA) is 25.2 Å². The lowest BCUT2D eigenvalue weighted by Gasteiger charge is -2.20. The van der Waals surface area contributed by atoms with Crippen molar-refractivity contribution in [2.75, 3.05) is 13.1 Å². The van der Waals surface area contributed by atoms with Gasteiger partial charge in [-0.1, -0.05) is 18.2 Å². The summed E-state index contributed by atoms with van der Waals surface area (Å²) in [5.41, 5.74) is 4.55. The molecule has 4 heteroatoms. The summed E-state index contributed by atoms with van der Waals surface area (Å²) in [5, 5.41) is 1.30. The van der Waals surface area contributed by atoms with E-state index in [-0.39, 0.29) is 11.7 Å².